The van der Waals surface area contributed by atoms with Gasteiger partial charge in [0.2, 0.25) is 6.29 Å². The van der Waals surface area contributed by atoms with Gasteiger partial charge in [-0.25, -0.2) is 0 Å². The minimum atomic E-state index is -1.90. The molecule has 0 bridgehead atoms. The maximum absolute atomic E-state index is 15.2. The first kappa shape index (κ1) is 66.2. The van der Waals surface area contributed by atoms with Crippen LogP contribution in [-0.4, -0.2) is 263 Å². The molecule has 0 spiro atoms. The number of ether oxygens (including phenoxy) is 10. The van der Waals surface area contributed by atoms with Crippen LogP contribution in [0, 0.1) is 56.7 Å². The fourth-order valence-corrected chi connectivity index (χ4v) is 17.8. The lowest BCUT2D eigenvalue weighted by Gasteiger charge is -2.71. The van der Waals surface area contributed by atoms with Crippen molar-refractivity contribution in [2.45, 2.75) is 267 Å². The van der Waals surface area contributed by atoms with Gasteiger partial charge in [-0.15, -0.1) is 0 Å². The molecule has 26 nitrogen and oxygen atoms in total. The molecule has 10 aliphatic rings. The lowest BCUT2D eigenvalue weighted by atomic mass is 9.34. The Labute approximate surface area is 494 Å². The van der Waals surface area contributed by atoms with E-state index >= 15 is 4.79 Å². The smallest absolute Gasteiger partial charge is 0.315 e. The summed E-state index contributed by atoms with van der Waals surface area (Å²) < 4.78 is 59.5. The Morgan fingerprint density at radius 3 is 1.79 bits per heavy atom. The van der Waals surface area contributed by atoms with E-state index in [0.29, 0.717) is 44.9 Å². The monoisotopic (exact) mass is 1220 g/mol. The molecule has 5 aliphatic carbocycles. The Morgan fingerprint density at radius 1 is 0.588 bits per heavy atom. The molecule has 0 unspecified atom stereocenters. The Hall–Kier alpha value is -1.75. The summed E-state index contributed by atoms with van der Waals surface area (Å²) in [7, 11) is 0. The van der Waals surface area contributed by atoms with Gasteiger partial charge >= 0.3 is 5.97 Å². The second-order valence-corrected chi connectivity index (χ2v) is 28.0. The van der Waals surface area contributed by atoms with E-state index in [2.05, 4.69) is 40.7 Å². The largest absolute Gasteiger partial charge is 0.432 e. The van der Waals surface area contributed by atoms with Gasteiger partial charge in [0.15, 0.2) is 25.2 Å². The van der Waals surface area contributed by atoms with Crippen LogP contribution < -0.4 is 0 Å². The second kappa shape index (κ2) is 24.7. The van der Waals surface area contributed by atoms with Crippen molar-refractivity contribution in [1.29, 1.82) is 0 Å². The zero-order valence-corrected chi connectivity index (χ0v) is 49.8. The molecular formula is C59H96O26. The van der Waals surface area contributed by atoms with Crippen molar-refractivity contribution in [2.75, 3.05) is 26.4 Å². The number of carbonyl (C=O) groups excluding carboxylic acids is 1. The fourth-order valence-electron chi connectivity index (χ4n) is 17.8. The summed E-state index contributed by atoms with van der Waals surface area (Å²) in [6.07, 6.45) is -30.1. The van der Waals surface area contributed by atoms with Gasteiger partial charge in [0, 0.05) is 5.41 Å². The van der Waals surface area contributed by atoms with Crippen LogP contribution >= 0.6 is 0 Å². The van der Waals surface area contributed by atoms with Crippen LogP contribution in [-0.2, 0) is 52.2 Å². The van der Waals surface area contributed by atoms with Crippen LogP contribution in [0.3, 0.4) is 0 Å². The van der Waals surface area contributed by atoms with Crippen molar-refractivity contribution in [3.05, 3.63) is 11.6 Å². The van der Waals surface area contributed by atoms with Crippen molar-refractivity contribution < 1.29 is 129 Å². The molecule has 0 aromatic rings. The van der Waals surface area contributed by atoms with E-state index in [1.165, 1.54) is 19.4 Å². The highest BCUT2D eigenvalue weighted by atomic mass is 16.8. The zero-order valence-electron chi connectivity index (χ0n) is 49.8. The number of esters is 1. The van der Waals surface area contributed by atoms with E-state index in [-0.39, 0.29) is 53.6 Å². The summed E-state index contributed by atoms with van der Waals surface area (Å²) in [6, 6.07) is 0. The van der Waals surface area contributed by atoms with Gasteiger partial charge < -0.3 is 124 Å². The number of fused-ring (bicyclic) bond motifs is 7. The van der Waals surface area contributed by atoms with Crippen molar-refractivity contribution in [1.82, 2.24) is 0 Å². The maximum atomic E-state index is 15.2. The normalized spacial score (nSPS) is 55.4. The molecule has 10 rings (SSSR count). The minimum absolute atomic E-state index is 0.0658. The van der Waals surface area contributed by atoms with Gasteiger partial charge in [0.05, 0.1) is 50.2 Å². The van der Waals surface area contributed by atoms with E-state index < -0.39 is 189 Å². The molecule has 0 aromatic heterocycles. The lowest BCUT2D eigenvalue weighted by molar-refractivity contribution is -0.365. The van der Waals surface area contributed by atoms with Crippen molar-refractivity contribution in [3.8, 4) is 0 Å². The Bertz CT molecular complexity index is 2350. The van der Waals surface area contributed by atoms with Crippen LogP contribution in [0.4, 0.5) is 0 Å². The minimum Gasteiger partial charge on any atom is -0.432 e. The SMILES string of the molecule is CC(C)[C@H]1CC[C@]2(C(=O)O[C@@H]3O[C@@H](CO[C@H]4O[C@H](CO)[C@H](O[C@@H]5O[C@H](C)[C@@H](O)[C@H](O)[C@@H]5O)[C@H](O)[C@H]4O)[C@@H](O)[C@H](O)[C@@H]3O)CC[C@]3(C)C(=CC[C@H]4[C@]5(C)CC[C@H](O[C@@H]6OC[C@@H](O)[C@@H](O)[C@@H]6O[C@H]6O[C@H](C)[C@@H](O)[C@@H](O)[C@@H]6O)[C@](C)(CO)[C@H]5CC[C@@]43C)[C@@H]12. The Kier molecular flexibility index (Phi) is 19.2. The Balaban J connectivity index is 0.834. The zero-order chi connectivity index (χ0) is 61.9. The molecular weight excluding hydrogens is 1120 g/mol. The summed E-state index contributed by atoms with van der Waals surface area (Å²) in [4.78, 5) is 15.2. The quantitative estimate of drug-likeness (QED) is 0.0478. The first-order valence-corrected chi connectivity index (χ1v) is 30.7. The molecule has 85 heavy (non-hydrogen) atoms. The van der Waals surface area contributed by atoms with E-state index in [0.717, 1.165) is 12.8 Å². The summed E-state index contributed by atoms with van der Waals surface area (Å²) >= 11 is 0. The molecule has 5 aliphatic heterocycles. The van der Waals surface area contributed by atoms with Crippen LogP contribution in [0.5, 0.6) is 0 Å². The van der Waals surface area contributed by atoms with Gasteiger partial charge in [-0.3, -0.25) is 4.79 Å². The number of aliphatic hydroxyl groups excluding tert-OH is 15. The molecule has 9 fully saturated rings. The molecule has 488 valence electrons. The highest BCUT2D eigenvalue weighted by Crippen LogP contribution is 2.76. The van der Waals surface area contributed by atoms with Gasteiger partial charge in [-0.1, -0.05) is 53.2 Å². The summed E-state index contributed by atoms with van der Waals surface area (Å²) in [5, 5.41) is 163. The van der Waals surface area contributed by atoms with Crippen molar-refractivity contribution in [2.24, 2.45) is 56.7 Å². The molecule has 0 amide bonds. The molecule has 0 aromatic carbocycles. The lowest BCUT2D eigenvalue weighted by Crippen LogP contribution is -2.67. The highest BCUT2D eigenvalue weighted by Gasteiger charge is 2.72. The van der Waals surface area contributed by atoms with E-state index in [4.69, 9.17) is 47.4 Å². The molecule has 0 radical (unpaired) electrons. The van der Waals surface area contributed by atoms with Crippen molar-refractivity contribution >= 4 is 5.97 Å². The molecule has 5 heterocycles. The predicted octanol–water partition coefficient (Wildman–Crippen LogP) is -2.69. The topological polar surface area (TPSA) is 413 Å². The number of hydrogen-bond acceptors (Lipinski definition) is 26. The number of allylic oxidation sites excluding steroid dienone is 2. The Morgan fingerprint density at radius 2 is 1.18 bits per heavy atom. The third-order valence-corrected chi connectivity index (χ3v) is 23.3. The summed E-state index contributed by atoms with van der Waals surface area (Å²) in [6.45, 7) is 14.3. The fraction of sp³-hybridized carbons (Fsp3) is 0.949. The number of hydrogen-bond donors (Lipinski definition) is 15. The predicted molar refractivity (Wildman–Crippen MR) is 288 cm³/mol. The third kappa shape index (κ3) is 10.9. The molecule has 26 heteroatoms. The van der Waals surface area contributed by atoms with Gasteiger partial charge in [-0.2, -0.15) is 0 Å². The maximum Gasteiger partial charge on any atom is 0.315 e. The van der Waals surface area contributed by atoms with Crippen LogP contribution in [0.2, 0.25) is 0 Å². The number of aliphatic hydroxyl groups is 15. The molecule has 5 saturated heterocycles. The van der Waals surface area contributed by atoms with E-state index in [1.807, 2.05) is 6.92 Å². The molecule has 15 N–H and O–H groups in total. The number of carbonyl (C=O) groups is 1. The first-order chi connectivity index (χ1) is 39.9. The average Bonchev–Trinajstić information content (AvgIpc) is 1.62. The summed E-state index contributed by atoms with van der Waals surface area (Å²) in [5.74, 6) is -0.603. The van der Waals surface area contributed by atoms with Crippen molar-refractivity contribution in [3.63, 3.8) is 0 Å². The molecule has 4 saturated carbocycles. The third-order valence-electron chi connectivity index (χ3n) is 23.3. The van der Waals surface area contributed by atoms with Gasteiger partial charge in [0.25, 0.3) is 0 Å². The van der Waals surface area contributed by atoms with Crippen LogP contribution in [0.25, 0.3) is 0 Å². The highest BCUT2D eigenvalue weighted by molar-refractivity contribution is 5.79. The standard InChI is InChI=1S/C59H96O26/c1-23(2)26-11-16-59(54(75)85-52-45(73)41(69)38(66)30(81-52)21-77-49-46(74)42(70)47(29(19-60)80-49)83-50-43(71)39(67)35(63)24(3)78-50)18-17-57(7)27(34(26)59)9-10-32-55(5)14-13-33(56(6,22-61)31(55)12-15-58(32,57)8)82-53-48(37(65)28(62)20-76-53)84-51-44(72)40(68)36(64)25(4)79-51/h9,23-26,28-53,60-74H,10-22H2,1-8H3/t24-,25-,26-,28-,29-,30+,31+,32+,33+,34-,35-,36-,37-,38-,39+,40-,41+,42-,43+,44+,45+,46-,47+,48+,49+,50+,51-,52+,53+,55-,56-,57-,58+,59+/m1/s1. The van der Waals surface area contributed by atoms with Gasteiger partial charge in [-0.05, 0) is 117 Å². The van der Waals surface area contributed by atoms with E-state index in [9.17, 15) is 76.6 Å². The summed E-state index contributed by atoms with van der Waals surface area (Å²) in [5.41, 5.74) is -1.72. The second-order valence-electron chi connectivity index (χ2n) is 28.0. The van der Waals surface area contributed by atoms with Crippen LogP contribution in [0.1, 0.15) is 113 Å². The molecule has 34 atom stereocenters. The van der Waals surface area contributed by atoms with E-state index in [1.54, 1.807) is 0 Å². The average molecular weight is 1220 g/mol. The number of rotatable bonds is 14. The van der Waals surface area contributed by atoms with Crippen LogP contribution in [0.15, 0.2) is 11.6 Å². The first-order valence-electron chi connectivity index (χ1n) is 30.7. The van der Waals surface area contributed by atoms with Gasteiger partial charge in [0.1, 0.15) is 104 Å².